The summed E-state index contributed by atoms with van der Waals surface area (Å²) in [6.07, 6.45) is -3.79. The Morgan fingerprint density at radius 1 is 1.17 bits per heavy atom. The third-order valence-corrected chi connectivity index (χ3v) is 4.07. The topological polar surface area (TPSA) is 103 Å². The largest absolute Gasteiger partial charge is 0.371 e. The zero-order valence-corrected chi connectivity index (χ0v) is 13.0. The molecule has 1 aromatic rings. The quantitative estimate of drug-likeness (QED) is 0.815. The van der Waals surface area contributed by atoms with Crippen molar-refractivity contribution in [2.75, 3.05) is 13.2 Å². The highest BCUT2D eigenvalue weighted by Gasteiger charge is 2.48. The van der Waals surface area contributed by atoms with Crippen LogP contribution in [-0.4, -0.2) is 54.5 Å². The molecule has 3 rings (SSSR count). The average Bonchev–Trinajstić information content (AvgIpc) is 3.16. The van der Waals surface area contributed by atoms with Crippen molar-refractivity contribution in [3.63, 3.8) is 0 Å². The number of halogens is 2. The number of carbonyl (C=O) groups excluding carboxylic acids is 2. The summed E-state index contributed by atoms with van der Waals surface area (Å²) < 4.78 is 41.5. The molecule has 0 aliphatic carbocycles. The third kappa shape index (κ3) is 2.98. The van der Waals surface area contributed by atoms with Gasteiger partial charge in [-0.3, -0.25) is 9.59 Å². The molecule has 24 heavy (non-hydrogen) atoms. The number of hydrogen-bond acceptors (Lipinski definition) is 6. The van der Waals surface area contributed by atoms with Crippen molar-refractivity contribution in [1.29, 1.82) is 0 Å². The molecule has 2 fully saturated rings. The van der Waals surface area contributed by atoms with Crippen LogP contribution in [0.5, 0.6) is 0 Å². The van der Waals surface area contributed by atoms with Gasteiger partial charge in [0.2, 0.25) is 11.7 Å². The van der Waals surface area contributed by atoms with Gasteiger partial charge < -0.3 is 24.6 Å². The zero-order chi connectivity index (χ0) is 17.4. The first kappa shape index (κ1) is 16.8. The summed E-state index contributed by atoms with van der Waals surface area (Å²) in [4.78, 5) is 23.5. The second-order valence-electron chi connectivity index (χ2n) is 5.79. The van der Waals surface area contributed by atoms with Crippen LogP contribution in [-0.2, 0) is 14.3 Å². The lowest BCUT2D eigenvalue weighted by molar-refractivity contribution is -0.120. The Hall–Kier alpha value is -2.07. The van der Waals surface area contributed by atoms with E-state index in [1.807, 2.05) is 0 Å². The Kier molecular flexibility index (Phi) is 4.50. The summed E-state index contributed by atoms with van der Waals surface area (Å²) in [5.74, 6) is -1.68. The maximum Gasteiger partial charge on any atom is 0.298 e. The number of ether oxygens (including phenoxy) is 2. The Bertz CT molecular complexity index is 650. The second kappa shape index (κ2) is 6.44. The van der Waals surface area contributed by atoms with Gasteiger partial charge in [-0.25, -0.2) is 8.78 Å². The monoisotopic (exact) mass is 345 g/mol. The van der Waals surface area contributed by atoms with Gasteiger partial charge in [-0.15, -0.1) is 0 Å². The fourth-order valence-electron chi connectivity index (χ4n) is 3.06. The molecule has 2 aliphatic heterocycles. The molecule has 132 valence electrons. The highest BCUT2D eigenvalue weighted by atomic mass is 19.3. The predicted molar refractivity (Wildman–Crippen MR) is 74.5 cm³/mol. The predicted octanol–water partition coefficient (Wildman–Crippen LogP) is 0.321. The summed E-state index contributed by atoms with van der Waals surface area (Å²) in [5, 5.41) is 8.77. The van der Waals surface area contributed by atoms with Gasteiger partial charge in [0.1, 0.15) is 17.8 Å². The van der Waals surface area contributed by atoms with Crippen molar-refractivity contribution in [2.24, 2.45) is 0 Å². The van der Waals surface area contributed by atoms with Crippen molar-refractivity contribution < 1.29 is 32.4 Å². The Morgan fingerprint density at radius 2 is 1.75 bits per heavy atom. The molecular formula is C14H17F2N3O5. The summed E-state index contributed by atoms with van der Waals surface area (Å²) in [7, 11) is 0. The lowest BCUT2D eigenvalue weighted by atomic mass is 10.1. The molecule has 2 saturated heterocycles. The van der Waals surface area contributed by atoms with E-state index in [9.17, 15) is 18.4 Å². The highest BCUT2D eigenvalue weighted by Crippen LogP contribution is 2.29. The van der Waals surface area contributed by atoms with Crippen LogP contribution >= 0.6 is 0 Å². The van der Waals surface area contributed by atoms with Crippen molar-refractivity contribution >= 4 is 11.8 Å². The van der Waals surface area contributed by atoms with Crippen molar-refractivity contribution in [1.82, 2.24) is 15.8 Å². The van der Waals surface area contributed by atoms with Gasteiger partial charge in [-0.2, -0.15) is 0 Å². The summed E-state index contributed by atoms with van der Waals surface area (Å²) >= 11 is 0. The molecule has 0 unspecified atom stereocenters. The van der Waals surface area contributed by atoms with Crippen LogP contribution in [0.4, 0.5) is 8.78 Å². The smallest absolute Gasteiger partial charge is 0.298 e. The zero-order valence-electron chi connectivity index (χ0n) is 13.0. The van der Waals surface area contributed by atoms with E-state index in [0.29, 0.717) is 0 Å². The van der Waals surface area contributed by atoms with Crippen LogP contribution in [0.15, 0.2) is 4.52 Å². The number of alkyl halides is 2. The number of rotatable bonds is 4. The first-order valence-electron chi connectivity index (χ1n) is 7.44. The highest BCUT2D eigenvalue weighted by molar-refractivity contribution is 5.96. The molecule has 2 N–H and O–H groups in total. The summed E-state index contributed by atoms with van der Waals surface area (Å²) in [6, 6.07) is -0.815. The van der Waals surface area contributed by atoms with Gasteiger partial charge in [-0.05, 0) is 6.92 Å². The Morgan fingerprint density at radius 3 is 2.29 bits per heavy atom. The number of fused-ring (bicyclic) bond motifs is 1. The normalized spacial score (nSPS) is 28.9. The Labute approximate surface area is 135 Å². The molecule has 0 bridgehead atoms. The first-order chi connectivity index (χ1) is 11.4. The van der Waals surface area contributed by atoms with E-state index < -0.39 is 36.3 Å². The minimum atomic E-state index is -2.94. The van der Waals surface area contributed by atoms with Crippen LogP contribution < -0.4 is 10.6 Å². The standard InChI is InChI=1S/C14H17F2N3O5/c1-5-9(12(13(15)16)24-19-5)14(21)18-8-4-23-10-7(17-6(2)20)3-22-11(8)10/h7-8,10-11,13H,3-4H2,1-2H3,(H,17,20)(H,18,21)/t7-,8-,10+,11+/m0/s1. The minimum absolute atomic E-state index is 0.0849. The molecule has 0 spiro atoms. The van der Waals surface area contributed by atoms with Gasteiger partial charge >= 0.3 is 0 Å². The van der Waals surface area contributed by atoms with Gasteiger partial charge in [0.05, 0.1) is 31.0 Å². The summed E-state index contributed by atoms with van der Waals surface area (Å²) in [6.45, 7) is 3.22. The van der Waals surface area contributed by atoms with Crippen LogP contribution in [0.3, 0.4) is 0 Å². The van der Waals surface area contributed by atoms with E-state index >= 15 is 0 Å². The van der Waals surface area contributed by atoms with E-state index in [2.05, 4.69) is 20.3 Å². The molecular weight excluding hydrogens is 328 g/mol. The molecule has 0 saturated carbocycles. The number of nitrogens with zero attached hydrogens (tertiary/aromatic N) is 1. The maximum atomic E-state index is 12.9. The molecule has 3 heterocycles. The molecule has 1 aromatic heterocycles. The van der Waals surface area contributed by atoms with Crippen LogP contribution in [0, 0.1) is 6.92 Å². The fourth-order valence-corrected chi connectivity index (χ4v) is 3.06. The van der Waals surface area contributed by atoms with E-state index in [4.69, 9.17) is 9.47 Å². The number of carbonyl (C=O) groups is 2. The Balaban J connectivity index is 1.69. The number of aryl methyl sites for hydroxylation is 1. The van der Waals surface area contributed by atoms with Crippen molar-refractivity contribution in [3.05, 3.63) is 17.0 Å². The maximum absolute atomic E-state index is 12.9. The van der Waals surface area contributed by atoms with Crippen LogP contribution in [0.1, 0.15) is 35.2 Å². The molecule has 8 nitrogen and oxygen atoms in total. The van der Waals surface area contributed by atoms with Gasteiger partial charge in [-0.1, -0.05) is 5.16 Å². The SMILES string of the molecule is CC(=O)N[C@H]1CO[C@H]2[C@@H]1OC[C@@H]2NC(=O)c1c(C)noc1C(F)F. The third-order valence-electron chi connectivity index (χ3n) is 4.07. The first-order valence-corrected chi connectivity index (χ1v) is 7.44. The van der Waals surface area contributed by atoms with E-state index in [0.717, 1.165) is 0 Å². The van der Waals surface area contributed by atoms with Crippen molar-refractivity contribution in [3.8, 4) is 0 Å². The molecule has 0 radical (unpaired) electrons. The molecule has 0 aromatic carbocycles. The fraction of sp³-hybridized carbons (Fsp3) is 0.643. The minimum Gasteiger partial charge on any atom is -0.371 e. The molecule has 2 amide bonds. The number of nitrogens with one attached hydrogen (secondary N) is 2. The van der Waals surface area contributed by atoms with Gasteiger partial charge in [0, 0.05) is 6.92 Å². The summed E-state index contributed by atoms with van der Waals surface area (Å²) in [5.41, 5.74) is -0.188. The molecule has 10 heteroatoms. The number of aromatic nitrogens is 1. The van der Waals surface area contributed by atoms with E-state index in [-0.39, 0.29) is 36.4 Å². The number of hydrogen-bond donors (Lipinski definition) is 2. The van der Waals surface area contributed by atoms with Gasteiger partial charge in [0.15, 0.2) is 0 Å². The van der Waals surface area contributed by atoms with E-state index in [1.165, 1.54) is 13.8 Å². The molecule has 2 aliphatic rings. The lowest BCUT2D eigenvalue weighted by Gasteiger charge is -2.18. The average molecular weight is 345 g/mol. The van der Waals surface area contributed by atoms with E-state index in [1.54, 1.807) is 0 Å². The van der Waals surface area contributed by atoms with Crippen molar-refractivity contribution in [2.45, 2.75) is 44.6 Å². The molecule has 4 atom stereocenters. The number of amides is 2. The van der Waals surface area contributed by atoms with Crippen LogP contribution in [0.25, 0.3) is 0 Å². The van der Waals surface area contributed by atoms with Crippen LogP contribution in [0.2, 0.25) is 0 Å². The van der Waals surface area contributed by atoms with Gasteiger partial charge in [0.25, 0.3) is 12.3 Å². The second-order valence-corrected chi connectivity index (χ2v) is 5.79. The lowest BCUT2D eigenvalue weighted by Crippen LogP contribution is -2.46.